The summed E-state index contributed by atoms with van der Waals surface area (Å²) >= 11 is 0. The lowest BCUT2D eigenvalue weighted by Gasteiger charge is -2.35. The van der Waals surface area contributed by atoms with Crippen molar-refractivity contribution >= 4 is 5.96 Å². The Morgan fingerprint density at radius 1 is 1.24 bits per heavy atom. The third-order valence-corrected chi connectivity index (χ3v) is 4.64. The number of pyridine rings is 1. The van der Waals surface area contributed by atoms with E-state index in [4.69, 9.17) is 4.74 Å². The summed E-state index contributed by atoms with van der Waals surface area (Å²) in [4.78, 5) is 11.2. The molecule has 0 radical (unpaired) electrons. The van der Waals surface area contributed by atoms with Crippen LogP contribution in [0.5, 0.6) is 0 Å². The second-order valence-electron chi connectivity index (χ2n) is 6.33. The molecular formula is C20H26N4O. The average Bonchev–Trinajstić information content (AvgIpc) is 2.64. The highest BCUT2D eigenvalue weighted by atomic mass is 16.5. The smallest absolute Gasteiger partial charge is 0.194 e. The molecule has 1 aromatic carbocycles. The molecule has 0 saturated carbocycles. The third-order valence-electron chi connectivity index (χ3n) is 4.64. The van der Waals surface area contributed by atoms with E-state index in [1.165, 1.54) is 16.7 Å². The molecular weight excluding hydrogens is 312 g/mol. The molecule has 1 unspecified atom stereocenters. The maximum atomic E-state index is 6.01. The molecule has 0 bridgehead atoms. The van der Waals surface area contributed by atoms with E-state index in [-0.39, 0.29) is 6.10 Å². The van der Waals surface area contributed by atoms with Gasteiger partial charge in [0.05, 0.1) is 25.4 Å². The van der Waals surface area contributed by atoms with Crippen molar-refractivity contribution in [1.82, 2.24) is 15.2 Å². The van der Waals surface area contributed by atoms with Gasteiger partial charge in [-0.25, -0.2) is 0 Å². The van der Waals surface area contributed by atoms with E-state index >= 15 is 0 Å². The molecule has 1 aromatic heterocycles. The van der Waals surface area contributed by atoms with Crippen LogP contribution in [0, 0.1) is 13.8 Å². The van der Waals surface area contributed by atoms with Gasteiger partial charge in [0.15, 0.2) is 5.96 Å². The summed E-state index contributed by atoms with van der Waals surface area (Å²) in [5.74, 6) is 0.895. The van der Waals surface area contributed by atoms with Gasteiger partial charge in [0, 0.05) is 19.8 Å². The van der Waals surface area contributed by atoms with Crippen molar-refractivity contribution in [2.45, 2.75) is 26.5 Å². The Labute approximate surface area is 149 Å². The summed E-state index contributed by atoms with van der Waals surface area (Å²) in [6, 6.07) is 12.5. The molecule has 132 valence electrons. The van der Waals surface area contributed by atoms with Crippen LogP contribution in [-0.4, -0.2) is 42.6 Å². The highest BCUT2D eigenvalue weighted by Crippen LogP contribution is 2.25. The molecule has 2 aromatic rings. The Morgan fingerprint density at radius 2 is 2.04 bits per heavy atom. The summed E-state index contributed by atoms with van der Waals surface area (Å²) < 4.78 is 6.01. The maximum Gasteiger partial charge on any atom is 0.194 e. The molecule has 3 rings (SSSR count). The van der Waals surface area contributed by atoms with Crippen molar-refractivity contribution in [2.75, 3.05) is 26.7 Å². The van der Waals surface area contributed by atoms with Crippen LogP contribution >= 0.6 is 0 Å². The van der Waals surface area contributed by atoms with Crippen LogP contribution in [0.25, 0.3) is 0 Å². The average molecular weight is 338 g/mol. The number of aromatic nitrogens is 1. The SMILES string of the molecule is CN=C(NCc1ncccc1C)N1CCOC(c2ccccc2C)C1. The van der Waals surface area contributed by atoms with Crippen molar-refractivity contribution in [2.24, 2.45) is 4.99 Å². The minimum absolute atomic E-state index is 0.0742. The third kappa shape index (κ3) is 4.17. The van der Waals surface area contributed by atoms with Gasteiger partial charge in [-0.15, -0.1) is 0 Å². The van der Waals surface area contributed by atoms with Crippen molar-refractivity contribution in [1.29, 1.82) is 0 Å². The standard InChI is InChI=1S/C20H26N4O/c1-15-7-4-5-9-17(15)19-14-24(11-12-25-19)20(21-3)23-13-18-16(2)8-6-10-22-18/h4-10,19H,11-14H2,1-3H3,(H,21,23). The normalized spacial score (nSPS) is 18.3. The Morgan fingerprint density at radius 3 is 2.80 bits per heavy atom. The van der Waals surface area contributed by atoms with Gasteiger partial charge in [-0.1, -0.05) is 30.3 Å². The Balaban J connectivity index is 1.67. The van der Waals surface area contributed by atoms with Crippen LogP contribution in [0.1, 0.15) is 28.5 Å². The number of hydrogen-bond donors (Lipinski definition) is 1. The van der Waals surface area contributed by atoms with Crippen LogP contribution in [0.4, 0.5) is 0 Å². The van der Waals surface area contributed by atoms with E-state index in [1.807, 2.05) is 19.3 Å². The molecule has 1 aliphatic rings. The summed E-state index contributed by atoms with van der Waals surface area (Å²) in [5.41, 5.74) is 4.75. The van der Waals surface area contributed by atoms with E-state index in [2.05, 4.69) is 64.4 Å². The number of guanidine groups is 1. The molecule has 0 amide bonds. The van der Waals surface area contributed by atoms with Gasteiger partial charge in [-0.3, -0.25) is 9.98 Å². The van der Waals surface area contributed by atoms with Crippen molar-refractivity contribution in [3.05, 3.63) is 65.0 Å². The summed E-state index contributed by atoms with van der Waals surface area (Å²) in [7, 11) is 1.83. The lowest BCUT2D eigenvalue weighted by Crippen LogP contribution is -2.48. The number of rotatable bonds is 3. The predicted octanol–water partition coefficient (Wildman–Crippen LogP) is 2.85. The van der Waals surface area contributed by atoms with E-state index in [0.29, 0.717) is 13.2 Å². The van der Waals surface area contributed by atoms with Crippen molar-refractivity contribution in [3.8, 4) is 0 Å². The number of nitrogens with zero attached hydrogens (tertiary/aromatic N) is 3. The highest BCUT2D eigenvalue weighted by molar-refractivity contribution is 5.80. The van der Waals surface area contributed by atoms with E-state index in [9.17, 15) is 0 Å². The zero-order valence-corrected chi connectivity index (χ0v) is 15.2. The number of hydrogen-bond acceptors (Lipinski definition) is 3. The molecule has 1 saturated heterocycles. The molecule has 0 aliphatic carbocycles. The fourth-order valence-corrected chi connectivity index (χ4v) is 3.18. The van der Waals surface area contributed by atoms with E-state index < -0.39 is 0 Å². The molecule has 25 heavy (non-hydrogen) atoms. The van der Waals surface area contributed by atoms with E-state index in [1.54, 1.807) is 0 Å². The van der Waals surface area contributed by atoms with Crippen LogP contribution in [0.3, 0.4) is 0 Å². The topological polar surface area (TPSA) is 49.8 Å². The molecule has 0 spiro atoms. The lowest BCUT2D eigenvalue weighted by molar-refractivity contribution is -0.00834. The first-order valence-electron chi connectivity index (χ1n) is 8.72. The fraction of sp³-hybridized carbons (Fsp3) is 0.400. The first kappa shape index (κ1) is 17.4. The van der Waals surface area contributed by atoms with Gasteiger partial charge >= 0.3 is 0 Å². The number of ether oxygens (including phenoxy) is 1. The van der Waals surface area contributed by atoms with E-state index in [0.717, 1.165) is 24.7 Å². The van der Waals surface area contributed by atoms with Gasteiger partial charge < -0.3 is 15.0 Å². The van der Waals surface area contributed by atoms with Crippen molar-refractivity contribution in [3.63, 3.8) is 0 Å². The first-order chi connectivity index (χ1) is 12.2. The Kier molecular flexibility index (Phi) is 5.66. The number of nitrogens with one attached hydrogen (secondary N) is 1. The highest BCUT2D eigenvalue weighted by Gasteiger charge is 2.25. The monoisotopic (exact) mass is 338 g/mol. The quantitative estimate of drug-likeness (QED) is 0.691. The van der Waals surface area contributed by atoms with Crippen molar-refractivity contribution < 1.29 is 4.74 Å². The fourth-order valence-electron chi connectivity index (χ4n) is 3.18. The minimum atomic E-state index is 0.0742. The summed E-state index contributed by atoms with van der Waals surface area (Å²) in [5, 5.41) is 3.44. The van der Waals surface area contributed by atoms with Gasteiger partial charge in [-0.05, 0) is 36.6 Å². The second-order valence-corrected chi connectivity index (χ2v) is 6.33. The largest absolute Gasteiger partial charge is 0.370 e. The molecule has 2 heterocycles. The summed E-state index contributed by atoms with van der Waals surface area (Å²) in [6.07, 6.45) is 1.90. The second kappa shape index (κ2) is 8.12. The molecule has 5 heteroatoms. The lowest BCUT2D eigenvalue weighted by atomic mass is 10.0. The zero-order valence-electron chi connectivity index (χ0n) is 15.2. The summed E-state index contributed by atoms with van der Waals surface area (Å²) in [6.45, 7) is 7.22. The minimum Gasteiger partial charge on any atom is -0.370 e. The molecule has 1 aliphatic heterocycles. The zero-order chi connectivity index (χ0) is 17.6. The predicted molar refractivity (Wildman–Crippen MR) is 101 cm³/mol. The molecule has 1 N–H and O–H groups in total. The Hall–Kier alpha value is -2.40. The van der Waals surface area contributed by atoms with Crippen LogP contribution in [0.2, 0.25) is 0 Å². The molecule has 1 atom stereocenters. The Bertz CT molecular complexity index is 744. The van der Waals surface area contributed by atoms with Gasteiger partial charge in [0.25, 0.3) is 0 Å². The number of aryl methyl sites for hydroxylation is 2. The van der Waals surface area contributed by atoms with Crippen LogP contribution in [-0.2, 0) is 11.3 Å². The first-order valence-corrected chi connectivity index (χ1v) is 8.72. The maximum absolute atomic E-state index is 6.01. The number of morpholine rings is 1. The van der Waals surface area contributed by atoms with Crippen LogP contribution < -0.4 is 5.32 Å². The number of benzene rings is 1. The molecule has 1 fully saturated rings. The van der Waals surface area contributed by atoms with Crippen LogP contribution in [0.15, 0.2) is 47.6 Å². The van der Waals surface area contributed by atoms with Gasteiger partial charge in [-0.2, -0.15) is 0 Å². The van der Waals surface area contributed by atoms with Gasteiger partial charge in [0.2, 0.25) is 0 Å². The molecule has 5 nitrogen and oxygen atoms in total. The number of aliphatic imine (C=N–C) groups is 1. The van der Waals surface area contributed by atoms with Gasteiger partial charge in [0.1, 0.15) is 6.10 Å².